The SMILES string of the molecule is CS(=O)(=O)C1CCCC(N(CC(=O)O)CC(=O)O)C1. The van der Waals surface area contributed by atoms with Crippen LogP contribution in [0.4, 0.5) is 0 Å². The number of hydrogen-bond acceptors (Lipinski definition) is 5. The molecular formula is C11H19NO6S. The van der Waals surface area contributed by atoms with Gasteiger partial charge in [0.05, 0.1) is 18.3 Å². The van der Waals surface area contributed by atoms with Crippen LogP contribution in [-0.4, -0.2) is 66.1 Å². The molecule has 2 unspecified atom stereocenters. The fraction of sp³-hybridized carbons (Fsp3) is 0.818. The van der Waals surface area contributed by atoms with Gasteiger partial charge in [0.25, 0.3) is 0 Å². The summed E-state index contributed by atoms with van der Waals surface area (Å²) in [6.07, 6.45) is 3.33. The first-order valence-corrected chi connectivity index (χ1v) is 8.02. The molecule has 110 valence electrons. The predicted molar refractivity (Wildman–Crippen MR) is 67.7 cm³/mol. The smallest absolute Gasteiger partial charge is 0.317 e. The van der Waals surface area contributed by atoms with Crippen LogP contribution in [0.2, 0.25) is 0 Å². The molecule has 2 N–H and O–H groups in total. The summed E-state index contributed by atoms with van der Waals surface area (Å²) in [5, 5.41) is 17.1. The van der Waals surface area contributed by atoms with Crippen molar-refractivity contribution in [2.75, 3.05) is 19.3 Å². The fourth-order valence-corrected chi connectivity index (χ4v) is 3.67. The van der Waals surface area contributed by atoms with Gasteiger partial charge in [-0.25, -0.2) is 8.42 Å². The minimum absolute atomic E-state index is 0.305. The Hall–Kier alpha value is -1.15. The molecule has 1 aliphatic carbocycles. The number of carboxylic acid groups (broad SMARTS) is 2. The molecule has 2 atom stereocenters. The van der Waals surface area contributed by atoms with Crippen molar-refractivity contribution in [2.45, 2.75) is 37.0 Å². The maximum atomic E-state index is 11.5. The lowest BCUT2D eigenvalue weighted by molar-refractivity contribution is -0.143. The third-order valence-corrected chi connectivity index (χ3v) is 5.04. The number of hydrogen-bond donors (Lipinski definition) is 2. The van der Waals surface area contributed by atoms with Crippen molar-refractivity contribution in [1.82, 2.24) is 4.90 Å². The Kier molecular flexibility index (Phi) is 5.30. The van der Waals surface area contributed by atoms with E-state index >= 15 is 0 Å². The van der Waals surface area contributed by atoms with Crippen LogP contribution in [-0.2, 0) is 19.4 Å². The average Bonchev–Trinajstić information content (AvgIpc) is 2.26. The summed E-state index contributed by atoms with van der Waals surface area (Å²) in [6.45, 7) is -0.763. The summed E-state index contributed by atoms with van der Waals surface area (Å²) in [4.78, 5) is 22.9. The highest BCUT2D eigenvalue weighted by Gasteiger charge is 2.33. The summed E-state index contributed by atoms with van der Waals surface area (Å²) in [7, 11) is -3.17. The molecule has 7 nitrogen and oxygen atoms in total. The predicted octanol–water partition coefficient (Wildman–Crippen LogP) is -0.187. The fourth-order valence-electron chi connectivity index (χ4n) is 2.50. The molecule has 0 aromatic carbocycles. The quantitative estimate of drug-likeness (QED) is 0.698. The van der Waals surface area contributed by atoms with Gasteiger partial charge in [0.15, 0.2) is 0 Å². The number of carboxylic acids is 2. The lowest BCUT2D eigenvalue weighted by Gasteiger charge is -2.35. The second kappa shape index (κ2) is 6.33. The van der Waals surface area contributed by atoms with Crippen LogP contribution < -0.4 is 0 Å². The molecule has 0 radical (unpaired) electrons. The summed E-state index contributed by atoms with van der Waals surface area (Å²) < 4.78 is 23.1. The van der Waals surface area contributed by atoms with Gasteiger partial charge in [0.1, 0.15) is 9.84 Å². The van der Waals surface area contributed by atoms with Crippen LogP contribution in [0.15, 0.2) is 0 Å². The van der Waals surface area contributed by atoms with E-state index in [4.69, 9.17) is 10.2 Å². The minimum atomic E-state index is -3.17. The van der Waals surface area contributed by atoms with Gasteiger partial charge in [0, 0.05) is 12.3 Å². The number of rotatable bonds is 6. The van der Waals surface area contributed by atoms with Gasteiger partial charge in [-0.2, -0.15) is 0 Å². The molecule has 0 bridgehead atoms. The zero-order valence-corrected chi connectivity index (χ0v) is 11.6. The number of aliphatic carboxylic acids is 2. The van der Waals surface area contributed by atoms with E-state index in [1.54, 1.807) is 0 Å². The van der Waals surface area contributed by atoms with E-state index < -0.39 is 27.0 Å². The molecule has 19 heavy (non-hydrogen) atoms. The maximum absolute atomic E-state index is 11.5. The average molecular weight is 293 g/mol. The Morgan fingerprint density at radius 2 is 1.68 bits per heavy atom. The Bertz CT molecular complexity index is 430. The first-order valence-electron chi connectivity index (χ1n) is 6.06. The van der Waals surface area contributed by atoms with Crippen LogP contribution in [0, 0.1) is 0 Å². The first-order chi connectivity index (χ1) is 8.70. The molecule has 8 heteroatoms. The highest BCUT2D eigenvalue weighted by molar-refractivity contribution is 7.91. The van der Waals surface area contributed by atoms with E-state index in [0.29, 0.717) is 25.7 Å². The topological polar surface area (TPSA) is 112 Å². The molecular weight excluding hydrogens is 274 g/mol. The molecule has 1 aliphatic rings. The molecule has 1 fully saturated rings. The van der Waals surface area contributed by atoms with Gasteiger partial charge in [-0.3, -0.25) is 14.5 Å². The Labute approximate surface area is 112 Å². The Balaban J connectivity index is 2.77. The van der Waals surface area contributed by atoms with Crippen molar-refractivity contribution in [3.63, 3.8) is 0 Å². The minimum Gasteiger partial charge on any atom is -0.480 e. The molecule has 0 aromatic rings. The highest BCUT2D eigenvalue weighted by atomic mass is 32.2. The normalized spacial score (nSPS) is 24.3. The van der Waals surface area contributed by atoms with Crippen LogP contribution in [0.3, 0.4) is 0 Å². The molecule has 1 rings (SSSR count). The molecule has 1 saturated carbocycles. The Morgan fingerprint density at radius 1 is 1.16 bits per heavy atom. The number of sulfone groups is 1. The van der Waals surface area contributed by atoms with E-state index in [1.165, 1.54) is 11.2 Å². The van der Waals surface area contributed by atoms with E-state index in [-0.39, 0.29) is 19.1 Å². The van der Waals surface area contributed by atoms with Gasteiger partial charge >= 0.3 is 11.9 Å². The summed E-state index contributed by atoms with van der Waals surface area (Å²) in [6, 6.07) is -0.305. The summed E-state index contributed by atoms with van der Waals surface area (Å²) in [5.41, 5.74) is 0. The lowest BCUT2D eigenvalue weighted by atomic mass is 9.93. The second-order valence-electron chi connectivity index (χ2n) is 4.96. The van der Waals surface area contributed by atoms with Gasteiger partial charge in [0.2, 0.25) is 0 Å². The number of nitrogens with zero attached hydrogens (tertiary/aromatic N) is 1. The van der Waals surface area contributed by atoms with Gasteiger partial charge in [-0.15, -0.1) is 0 Å². The third kappa shape index (κ3) is 5.15. The van der Waals surface area contributed by atoms with Gasteiger partial charge < -0.3 is 10.2 Å². The first kappa shape index (κ1) is 15.9. The van der Waals surface area contributed by atoms with E-state index in [2.05, 4.69) is 0 Å². The molecule has 0 saturated heterocycles. The standard InChI is InChI=1S/C11H19NO6S/c1-19(17,18)9-4-2-3-8(5-9)12(6-10(13)14)7-11(15)16/h8-9H,2-7H2,1H3,(H,13,14)(H,15,16). The van der Waals surface area contributed by atoms with E-state index in [0.717, 1.165) is 0 Å². The molecule has 0 amide bonds. The largest absolute Gasteiger partial charge is 0.480 e. The summed E-state index contributed by atoms with van der Waals surface area (Å²) >= 11 is 0. The second-order valence-corrected chi connectivity index (χ2v) is 7.29. The molecule has 0 spiro atoms. The highest BCUT2D eigenvalue weighted by Crippen LogP contribution is 2.27. The van der Waals surface area contributed by atoms with E-state index in [9.17, 15) is 18.0 Å². The third-order valence-electron chi connectivity index (χ3n) is 3.40. The van der Waals surface area contributed by atoms with Crippen molar-refractivity contribution in [2.24, 2.45) is 0 Å². The van der Waals surface area contributed by atoms with Gasteiger partial charge in [-0.1, -0.05) is 6.42 Å². The monoisotopic (exact) mass is 293 g/mol. The number of carbonyl (C=O) groups is 2. The molecule has 0 heterocycles. The van der Waals surface area contributed by atoms with E-state index in [1.807, 2.05) is 0 Å². The van der Waals surface area contributed by atoms with Crippen molar-refractivity contribution in [3.05, 3.63) is 0 Å². The van der Waals surface area contributed by atoms with Crippen LogP contribution in [0.1, 0.15) is 25.7 Å². The van der Waals surface area contributed by atoms with Crippen LogP contribution >= 0.6 is 0 Å². The van der Waals surface area contributed by atoms with Crippen molar-refractivity contribution >= 4 is 21.8 Å². The zero-order valence-electron chi connectivity index (χ0n) is 10.8. The van der Waals surface area contributed by atoms with Crippen molar-refractivity contribution < 1.29 is 28.2 Å². The lowest BCUT2D eigenvalue weighted by Crippen LogP contribution is -2.46. The zero-order chi connectivity index (χ0) is 14.6. The maximum Gasteiger partial charge on any atom is 0.317 e. The van der Waals surface area contributed by atoms with Crippen LogP contribution in [0.25, 0.3) is 0 Å². The molecule has 0 aromatic heterocycles. The van der Waals surface area contributed by atoms with Crippen LogP contribution in [0.5, 0.6) is 0 Å². The van der Waals surface area contributed by atoms with Crippen molar-refractivity contribution in [3.8, 4) is 0 Å². The molecule has 0 aliphatic heterocycles. The Morgan fingerprint density at radius 3 is 2.11 bits per heavy atom. The summed E-state index contributed by atoms with van der Waals surface area (Å²) in [5.74, 6) is -2.22. The van der Waals surface area contributed by atoms with Gasteiger partial charge in [-0.05, 0) is 19.3 Å². The van der Waals surface area contributed by atoms with Crippen molar-refractivity contribution in [1.29, 1.82) is 0 Å².